The first-order valence-corrected chi connectivity index (χ1v) is 10.6. The number of nitrogens with one attached hydrogen (secondary N) is 2. The van der Waals surface area contributed by atoms with E-state index in [4.69, 9.17) is 4.74 Å². The van der Waals surface area contributed by atoms with Crippen molar-refractivity contribution in [3.63, 3.8) is 0 Å². The molecule has 2 aliphatic rings. The lowest BCUT2D eigenvalue weighted by molar-refractivity contribution is -0.136. The number of H-pyrrole nitrogens is 1. The third kappa shape index (κ3) is 4.27. The number of ether oxygens (including phenoxy) is 1. The molecule has 0 atom stereocenters. The first kappa shape index (κ1) is 19.6. The molecule has 9 nitrogen and oxygen atoms in total. The van der Waals surface area contributed by atoms with Gasteiger partial charge in [-0.1, -0.05) is 29.5 Å². The Hall–Kier alpha value is -3.33. The summed E-state index contributed by atoms with van der Waals surface area (Å²) in [6.07, 6.45) is 4.41. The maximum absolute atomic E-state index is 12.5. The van der Waals surface area contributed by atoms with Gasteiger partial charge in [-0.05, 0) is 30.9 Å². The average molecular weight is 419 g/mol. The van der Waals surface area contributed by atoms with Gasteiger partial charge in [0.05, 0.1) is 30.2 Å². The minimum Gasteiger partial charge on any atom is -0.371 e. The van der Waals surface area contributed by atoms with E-state index in [2.05, 4.69) is 55.0 Å². The Balaban J connectivity index is 1.11. The van der Waals surface area contributed by atoms with E-state index in [0.717, 1.165) is 35.5 Å². The number of nitrogens with zero attached hydrogens (tertiary/aromatic N) is 5. The number of rotatable bonds is 7. The molecule has 0 radical (unpaired) electrons. The molecule has 3 aromatic rings. The van der Waals surface area contributed by atoms with Gasteiger partial charge in [0.1, 0.15) is 6.61 Å². The SMILES string of the molecule is Cc1[nH]nnc1CCOCC(=O)N1Cc2cnc(NC3Cc4ccccc4C3)nc2C1. The zero-order valence-corrected chi connectivity index (χ0v) is 17.5. The number of hydrogen-bond acceptors (Lipinski definition) is 7. The standard InChI is InChI=1S/C22H25N7O2/c1-14-19(27-28-26-14)6-7-31-13-21(30)29-11-17-10-23-22(25-20(17)12-29)24-18-8-15-4-2-3-5-16(15)9-18/h2-5,10,18H,6-9,11-13H2,1H3,(H,23,24,25)(H,26,27,28). The maximum atomic E-state index is 12.5. The minimum atomic E-state index is -0.0457. The van der Waals surface area contributed by atoms with E-state index in [-0.39, 0.29) is 12.5 Å². The van der Waals surface area contributed by atoms with Gasteiger partial charge in [0.15, 0.2) is 0 Å². The number of aromatic nitrogens is 5. The number of carbonyl (C=O) groups is 1. The molecule has 0 fully saturated rings. The largest absolute Gasteiger partial charge is 0.371 e. The van der Waals surface area contributed by atoms with Crippen molar-refractivity contribution < 1.29 is 9.53 Å². The summed E-state index contributed by atoms with van der Waals surface area (Å²) in [5, 5.41) is 14.0. The third-order valence-corrected chi connectivity index (χ3v) is 5.92. The van der Waals surface area contributed by atoms with E-state index >= 15 is 0 Å². The number of anilines is 1. The fraction of sp³-hybridized carbons (Fsp3) is 0.409. The summed E-state index contributed by atoms with van der Waals surface area (Å²) in [7, 11) is 0. The molecule has 1 aromatic carbocycles. The van der Waals surface area contributed by atoms with Gasteiger partial charge in [-0.15, -0.1) is 5.10 Å². The predicted octanol–water partition coefficient (Wildman–Crippen LogP) is 1.58. The van der Waals surface area contributed by atoms with Crippen molar-refractivity contribution in [2.75, 3.05) is 18.5 Å². The molecule has 3 heterocycles. The summed E-state index contributed by atoms with van der Waals surface area (Å²) in [6.45, 7) is 3.40. The average Bonchev–Trinajstić information content (AvgIpc) is 3.48. The summed E-state index contributed by atoms with van der Waals surface area (Å²) < 4.78 is 5.56. The van der Waals surface area contributed by atoms with Crippen molar-refractivity contribution in [1.82, 2.24) is 30.3 Å². The first-order chi connectivity index (χ1) is 15.2. The summed E-state index contributed by atoms with van der Waals surface area (Å²) in [6, 6.07) is 8.82. The smallest absolute Gasteiger partial charge is 0.249 e. The van der Waals surface area contributed by atoms with Crippen molar-refractivity contribution >= 4 is 11.9 Å². The Labute approximate surface area is 180 Å². The third-order valence-electron chi connectivity index (χ3n) is 5.92. The Morgan fingerprint density at radius 3 is 2.77 bits per heavy atom. The molecule has 2 N–H and O–H groups in total. The molecule has 0 saturated carbocycles. The summed E-state index contributed by atoms with van der Waals surface area (Å²) >= 11 is 0. The predicted molar refractivity (Wildman–Crippen MR) is 113 cm³/mol. The number of hydrogen-bond donors (Lipinski definition) is 2. The van der Waals surface area contributed by atoms with E-state index in [1.165, 1.54) is 11.1 Å². The molecule has 2 aromatic heterocycles. The van der Waals surface area contributed by atoms with E-state index in [0.29, 0.717) is 38.1 Å². The Morgan fingerprint density at radius 2 is 2.03 bits per heavy atom. The minimum absolute atomic E-state index is 0.0454. The molecule has 31 heavy (non-hydrogen) atoms. The van der Waals surface area contributed by atoms with Gasteiger partial charge in [0, 0.05) is 30.8 Å². The van der Waals surface area contributed by atoms with E-state index < -0.39 is 0 Å². The second-order valence-corrected chi connectivity index (χ2v) is 8.12. The van der Waals surface area contributed by atoms with Crippen LogP contribution in [-0.2, 0) is 41.9 Å². The first-order valence-electron chi connectivity index (χ1n) is 10.6. The highest BCUT2D eigenvalue weighted by Gasteiger charge is 2.26. The molecule has 5 rings (SSSR count). The van der Waals surface area contributed by atoms with Gasteiger partial charge in [-0.3, -0.25) is 9.89 Å². The van der Waals surface area contributed by atoms with Crippen LogP contribution in [-0.4, -0.2) is 55.4 Å². The van der Waals surface area contributed by atoms with Crippen LogP contribution in [0.2, 0.25) is 0 Å². The quantitative estimate of drug-likeness (QED) is 0.560. The lowest BCUT2D eigenvalue weighted by Crippen LogP contribution is -2.29. The highest BCUT2D eigenvalue weighted by Crippen LogP contribution is 2.25. The van der Waals surface area contributed by atoms with Gasteiger partial charge in [-0.25, -0.2) is 9.97 Å². The highest BCUT2D eigenvalue weighted by molar-refractivity contribution is 5.78. The summed E-state index contributed by atoms with van der Waals surface area (Å²) in [5.41, 5.74) is 6.45. The number of aryl methyl sites for hydroxylation is 1. The van der Waals surface area contributed by atoms with Gasteiger partial charge in [-0.2, -0.15) is 0 Å². The zero-order valence-electron chi connectivity index (χ0n) is 17.5. The summed E-state index contributed by atoms with van der Waals surface area (Å²) in [5.74, 6) is 0.584. The van der Waals surface area contributed by atoms with Gasteiger partial charge < -0.3 is 15.0 Å². The molecule has 0 saturated heterocycles. The molecule has 1 aliphatic heterocycles. The van der Waals surface area contributed by atoms with Crippen molar-refractivity contribution in [3.8, 4) is 0 Å². The van der Waals surface area contributed by atoms with E-state index in [1.54, 1.807) is 4.90 Å². The van der Waals surface area contributed by atoms with Crippen LogP contribution in [0.15, 0.2) is 30.5 Å². The van der Waals surface area contributed by atoms with Gasteiger partial charge in [0.25, 0.3) is 0 Å². The molecule has 0 unspecified atom stereocenters. The second kappa shape index (κ2) is 8.43. The van der Waals surface area contributed by atoms with E-state index in [9.17, 15) is 4.79 Å². The fourth-order valence-corrected chi connectivity index (χ4v) is 4.20. The van der Waals surface area contributed by atoms with Crippen LogP contribution in [0, 0.1) is 6.92 Å². The molecule has 1 amide bonds. The van der Waals surface area contributed by atoms with Crippen molar-refractivity contribution in [2.24, 2.45) is 0 Å². The van der Waals surface area contributed by atoms with Crippen LogP contribution >= 0.6 is 0 Å². The number of carbonyl (C=O) groups excluding carboxylic acids is 1. The number of amides is 1. The molecule has 0 spiro atoms. The molecule has 160 valence electrons. The Bertz CT molecular complexity index is 1070. The van der Waals surface area contributed by atoms with Gasteiger partial charge >= 0.3 is 0 Å². The zero-order chi connectivity index (χ0) is 21.2. The lowest BCUT2D eigenvalue weighted by atomic mass is 10.1. The lowest BCUT2D eigenvalue weighted by Gasteiger charge is -2.14. The van der Waals surface area contributed by atoms with Crippen LogP contribution < -0.4 is 5.32 Å². The van der Waals surface area contributed by atoms with Crippen LogP contribution in [0.4, 0.5) is 5.95 Å². The fourth-order valence-electron chi connectivity index (χ4n) is 4.20. The van der Waals surface area contributed by atoms with Crippen LogP contribution in [0.1, 0.15) is 33.8 Å². The summed E-state index contributed by atoms with van der Waals surface area (Å²) in [4.78, 5) is 23.4. The van der Waals surface area contributed by atoms with Crippen LogP contribution in [0.25, 0.3) is 0 Å². The number of aromatic amines is 1. The molecule has 0 bridgehead atoms. The highest BCUT2D eigenvalue weighted by atomic mass is 16.5. The van der Waals surface area contributed by atoms with E-state index in [1.807, 2.05) is 13.1 Å². The van der Waals surface area contributed by atoms with Crippen LogP contribution in [0.3, 0.4) is 0 Å². The molecule has 9 heteroatoms. The van der Waals surface area contributed by atoms with Crippen LogP contribution in [0.5, 0.6) is 0 Å². The van der Waals surface area contributed by atoms with Crippen molar-refractivity contribution in [1.29, 1.82) is 0 Å². The molecular formula is C22H25N7O2. The molecule has 1 aliphatic carbocycles. The Morgan fingerprint density at radius 1 is 1.23 bits per heavy atom. The van der Waals surface area contributed by atoms with Crippen molar-refractivity contribution in [2.45, 2.75) is 45.3 Å². The Kier molecular flexibility index (Phi) is 5.33. The molecular weight excluding hydrogens is 394 g/mol. The number of fused-ring (bicyclic) bond motifs is 2. The second-order valence-electron chi connectivity index (χ2n) is 8.12. The van der Waals surface area contributed by atoms with Crippen molar-refractivity contribution in [3.05, 3.63) is 64.2 Å². The monoisotopic (exact) mass is 419 g/mol. The normalized spacial score (nSPS) is 15.2. The topological polar surface area (TPSA) is 109 Å². The number of benzene rings is 1. The maximum Gasteiger partial charge on any atom is 0.249 e. The van der Waals surface area contributed by atoms with Gasteiger partial charge in [0.2, 0.25) is 11.9 Å².